The maximum absolute atomic E-state index is 10.9. The Labute approximate surface area is 80.3 Å². The first kappa shape index (κ1) is 11.8. The van der Waals surface area contributed by atoms with E-state index < -0.39 is 0 Å². The Bertz CT molecular complexity index is 147. The molecule has 3 atom stereocenters. The fourth-order valence-corrected chi connectivity index (χ4v) is 1.67. The number of amides is 1. The number of hydrogen-bond acceptors (Lipinski definition) is 2. The van der Waals surface area contributed by atoms with Crippen molar-refractivity contribution in [1.82, 2.24) is 0 Å². The fourth-order valence-electron chi connectivity index (χ4n) is 1.39. The van der Waals surface area contributed by atoms with Gasteiger partial charge in [0, 0.05) is 5.92 Å². The minimum Gasteiger partial charge on any atom is -0.369 e. The zero-order valence-electron chi connectivity index (χ0n) is 8.08. The standard InChI is InChI=1S/C9H19NOS/c1-4-8(5-6(2)12)7(3)9(10)11/h6-8,12H,4-5H2,1-3H3,(H2,10,11). The lowest BCUT2D eigenvalue weighted by atomic mass is 9.87. The average Bonchev–Trinajstić information content (AvgIpc) is 1.98. The molecule has 0 aliphatic rings. The molecule has 0 rings (SSSR count). The smallest absolute Gasteiger partial charge is 0.220 e. The van der Waals surface area contributed by atoms with Gasteiger partial charge in [-0.1, -0.05) is 27.2 Å². The van der Waals surface area contributed by atoms with Crippen LogP contribution in [0, 0.1) is 11.8 Å². The van der Waals surface area contributed by atoms with Gasteiger partial charge in [0.2, 0.25) is 5.91 Å². The molecule has 0 bridgehead atoms. The number of thiol groups is 1. The van der Waals surface area contributed by atoms with Crippen molar-refractivity contribution >= 4 is 18.5 Å². The van der Waals surface area contributed by atoms with E-state index in [0.29, 0.717) is 11.2 Å². The van der Waals surface area contributed by atoms with Crippen molar-refractivity contribution in [3.8, 4) is 0 Å². The van der Waals surface area contributed by atoms with Crippen molar-refractivity contribution in [1.29, 1.82) is 0 Å². The van der Waals surface area contributed by atoms with Crippen molar-refractivity contribution in [2.45, 2.75) is 38.9 Å². The van der Waals surface area contributed by atoms with E-state index in [2.05, 4.69) is 19.6 Å². The van der Waals surface area contributed by atoms with E-state index in [9.17, 15) is 4.79 Å². The van der Waals surface area contributed by atoms with E-state index in [1.165, 1.54) is 0 Å². The van der Waals surface area contributed by atoms with Crippen LogP contribution in [0.1, 0.15) is 33.6 Å². The number of hydrogen-bond donors (Lipinski definition) is 2. The zero-order valence-corrected chi connectivity index (χ0v) is 8.97. The molecule has 0 aromatic carbocycles. The summed E-state index contributed by atoms with van der Waals surface area (Å²) in [6, 6.07) is 0. The summed E-state index contributed by atoms with van der Waals surface area (Å²) in [6.45, 7) is 6.02. The van der Waals surface area contributed by atoms with Crippen molar-refractivity contribution in [2.24, 2.45) is 17.6 Å². The third-order valence-corrected chi connectivity index (χ3v) is 2.53. The Morgan fingerprint density at radius 1 is 1.50 bits per heavy atom. The zero-order chi connectivity index (χ0) is 9.72. The molecule has 0 aliphatic heterocycles. The second-order valence-corrected chi connectivity index (χ2v) is 4.33. The Morgan fingerprint density at radius 3 is 2.25 bits per heavy atom. The third kappa shape index (κ3) is 4.00. The normalized spacial score (nSPS) is 18.3. The molecule has 0 fully saturated rings. The Kier molecular flexibility index (Phi) is 5.38. The van der Waals surface area contributed by atoms with Gasteiger partial charge in [0.15, 0.2) is 0 Å². The summed E-state index contributed by atoms with van der Waals surface area (Å²) in [5.74, 6) is 0.162. The summed E-state index contributed by atoms with van der Waals surface area (Å²) in [5, 5.41) is 0.344. The predicted molar refractivity (Wildman–Crippen MR) is 55.2 cm³/mol. The fraction of sp³-hybridized carbons (Fsp3) is 0.889. The Balaban J connectivity index is 4.05. The maximum atomic E-state index is 10.9. The van der Waals surface area contributed by atoms with Crippen LogP contribution in [0.4, 0.5) is 0 Å². The highest BCUT2D eigenvalue weighted by Crippen LogP contribution is 2.22. The number of carbonyl (C=O) groups is 1. The van der Waals surface area contributed by atoms with Crippen molar-refractivity contribution in [3.63, 3.8) is 0 Å². The highest BCUT2D eigenvalue weighted by Gasteiger charge is 2.20. The lowest BCUT2D eigenvalue weighted by Gasteiger charge is -2.21. The molecule has 3 unspecified atom stereocenters. The SMILES string of the molecule is CCC(CC(C)S)C(C)C(N)=O. The lowest BCUT2D eigenvalue weighted by molar-refractivity contribution is -0.122. The molecule has 1 amide bonds. The predicted octanol–water partition coefficient (Wildman–Crippen LogP) is 1.84. The summed E-state index contributed by atoms with van der Waals surface area (Å²) in [4.78, 5) is 10.9. The quantitative estimate of drug-likeness (QED) is 0.637. The molecular weight excluding hydrogens is 170 g/mol. The molecule has 0 saturated heterocycles. The molecule has 2 N–H and O–H groups in total. The summed E-state index contributed by atoms with van der Waals surface area (Å²) >= 11 is 4.30. The van der Waals surface area contributed by atoms with Gasteiger partial charge in [-0.05, 0) is 17.6 Å². The molecule has 72 valence electrons. The van der Waals surface area contributed by atoms with Gasteiger partial charge in [0.05, 0.1) is 0 Å². The van der Waals surface area contributed by atoms with E-state index in [1.54, 1.807) is 0 Å². The van der Waals surface area contributed by atoms with Crippen molar-refractivity contribution in [3.05, 3.63) is 0 Å². The first-order valence-corrected chi connectivity index (χ1v) is 4.98. The summed E-state index contributed by atoms with van der Waals surface area (Å²) in [6.07, 6.45) is 1.96. The van der Waals surface area contributed by atoms with Crippen LogP contribution in [-0.2, 0) is 4.79 Å². The number of carbonyl (C=O) groups excluding carboxylic acids is 1. The van der Waals surface area contributed by atoms with Crippen molar-refractivity contribution < 1.29 is 4.79 Å². The monoisotopic (exact) mass is 189 g/mol. The van der Waals surface area contributed by atoms with Gasteiger partial charge in [-0.25, -0.2) is 0 Å². The molecule has 0 spiro atoms. The molecule has 0 aromatic heterocycles. The summed E-state index contributed by atoms with van der Waals surface area (Å²) in [7, 11) is 0. The Hall–Kier alpha value is -0.180. The van der Waals surface area contributed by atoms with Crippen LogP contribution < -0.4 is 5.73 Å². The topological polar surface area (TPSA) is 43.1 Å². The maximum Gasteiger partial charge on any atom is 0.220 e. The number of primary amides is 1. The molecular formula is C9H19NOS. The van der Waals surface area contributed by atoms with Gasteiger partial charge in [-0.3, -0.25) is 4.79 Å². The second-order valence-electron chi connectivity index (χ2n) is 3.44. The molecule has 12 heavy (non-hydrogen) atoms. The van der Waals surface area contributed by atoms with Gasteiger partial charge >= 0.3 is 0 Å². The van der Waals surface area contributed by atoms with E-state index in [-0.39, 0.29) is 11.8 Å². The van der Waals surface area contributed by atoms with E-state index in [0.717, 1.165) is 12.8 Å². The van der Waals surface area contributed by atoms with Gasteiger partial charge in [0.1, 0.15) is 0 Å². The van der Waals surface area contributed by atoms with Crippen LogP contribution in [0.5, 0.6) is 0 Å². The molecule has 0 radical (unpaired) electrons. The minimum atomic E-state index is -0.198. The summed E-state index contributed by atoms with van der Waals surface area (Å²) < 4.78 is 0. The molecule has 0 heterocycles. The van der Waals surface area contributed by atoms with Crippen LogP contribution in [0.15, 0.2) is 0 Å². The third-order valence-electron chi connectivity index (χ3n) is 2.32. The number of nitrogens with two attached hydrogens (primary N) is 1. The first-order chi connectivity index (χ1) is 5.49. The molecule has 0 aromatic rings. The first-order valence-electron chi connectivity index (χ1n) is 4.46. The van der Waals surface area contributed by atoms with Crippen LogP contribution in [0.3, 0.4) is 0 Å². The Morgan fingerprint density at radius 2 is 2.00 bits per heavy atom. The molecule has 0 aliphatic carbocycles. The van der Waals surface area contributed by atoms with Crippen molar-refractivity contribution in [2.75, 3.05) is 0 Å². The largest absolute Gasteiger partial charge is 0.369 e. The highest BCUT2D eigenvalue weighted by atomic mass is 32.1. The van der Waals surface area contributed by atoms with E-state index in [4.69, 9.17) is 5.73 Å². The number of rotatable bonds is 5. The minimum absolute atomic E-state index is 0.0235. The average molecular weight is 189 g/mol. The summed E-state index contributed by atoms with van der Waals surface area (Å²) in [5.41, 5.74) is 5.22. The van der Waals surface area contributed by atoms with Gasteiger partial charge in [-0.2, -0.15) is 12.6 Å². The molecule has 3 heteroatoms. The van der Waals surface area contributed by atoms with Gasteiger partial charge in [0.25, 0.3) is 0 Å². The van der Waals surface area contributed by atoms with Gasteiger partial charge in [-0.15, -0.1) is 0 Å². The van der Waals surface area contributed by atoms with E-state index in [1.807, 2.05) is 13.8 Å². The second kappa shape index (κ2) is 5.46. The van der Waals surface area contributed by atoms with E-state index >= 15 is 0 Å². The molecule has 2 nitrogen and oxygen atoms in total. The van der Waals surface area contributed by atoms with Crippen LogP contribution >= 0.6 is 12.6 Å². The lowest BCUT2D eigenvalue weighted by Crippen LogP contribution is -2.28. The van der Waals surface area contributed by atoms with Gasteiger partial charge < -0.3 is 5.73 Å². The molecule has 0 saturated carbocycles. The highest BCUT2D eigenvalue weighted by molar-refractivity contribution is 7.80. The van der Waals surface area contributed by atoms with Crippen LogP contribution in [0.25, 0.3) is 0 Å². The van der Waals surface area contributed by atoms with Crippen LogP contribution in [0.2, 0.25) is 0 Å². The van der Waals surface area contributed by atoms with Crippen LogP contribution in [-0.4, -0.2) is 11.2 Å².